The Labute approximate surface area is 160 Å². The molecule has 0 aliphatic carbocycles. The second-order valence-corrected chi connectivity index (χ2v) is 6.76. The van der Waals surface area contributed by atoms with E-state index in [4.69, 9.17) is 4.74 Å². The largest absolute Gasteiger partial charge is 0.496 e. The van der Waals surface area contributed by atoms with E-state index in [1.165, 1.54) is 0 Å². The molecule has 0 amide bonds. The predicted molar refractivity (Wildman–Crippen MR) is 108 cm³/mol. The van der Waals surface area contributed by atoms with Crippen molar-refractivity contribution in [3.8, 4) is 11.4 Å². The lowest BCUT2D eigenvalue weighted by atomic mass is 10.0. The summed E-state index contributed by atoms with van der Waals surface area (Å²) in [6, 6.07) is 3.93. The van der Waals surface area contributed by atoms with Crippen LogP contribution in [-0.4, -0.2) is 43.8 Å². The van der Waals surface area contributed by atoms with E-state index in [0.717, 1.165) is 38.8 Å². The Hall–Kier alpha value is -3.68. The Morgan fingerprint density at radius 3 is 2.71 bits per heavy atom. The van der Waals surface area contributed by atoms with Gasteiger partial charge >= 0.3 is 5.69 Å². The fraction of sp³-hybridized carbons (Fsp3) is 0.200. The van der Waals surface area contributed by atoms with Gasteiger partial charge in [-0.25, -0.2) is 4.79 Å². The summed E-state index contributed by atoms with van der Waals surface area (Å²) in [5.74, 6) is 0.727. The van der Waals surface area contributed by atoms with Gasteiger partial charge in [0.1, 0.15) is 5.75 Å². The van der Waals surface area contributed by atoms with Crippen LogP contribution in [-0.2, 0) is 14.1 Å². The smallest absolute Gasteiger partial charge is 0.333 e. The lowest BCUT2D eigenvalue weighted by Gasteiger charge is -2.11. The van der Waals surface area contributed by atoms with E-state index in [0.29, 0.717) is 12.2 Å². The summed E-state index contributed by atoms with van der Waals surface area (Å²) in [5.41, 5.74) is 4.81. The number of aromatic nitrogens is 5. The number of imidazole rings is 1. The molecular formula is C20H18N6O2. The van der Waals surface area contributed by atoms with Crippen molar-refractivity contribution in [3.05, 3.63) is 52.8 Å². The quantitative estimate of drug-likeness (QED) is 0.550. The maximum Gasteiger partial charge on any atom is 0.333 e. The first-order valence-corrected chi connectivity index (χ1v) is 8.86. The average molecular weight is 374 g/mol. The molecule has 4 aromatic rings. The summed E-state index contributed by atoms with van der Waals surface area (Å²) in [4.78, 5) is 21.9. The maximum atomic E-state index is 13.0. The van der Waals surface area contributed by atoms with Crippen molar-refractivity contribution in [1.29, 1.82) is 0 Å². The minimum Gasteiger partial charge on any atom is -0.496 e. The number of pyridine rings is 1. The third-order valence-electron chi connectivity index (χ3n) is 5.11. The van der Waals surface area contributed by atoms with Crippen molar-refractivity contribution in [1.82, 2.24) is 23.9 Å². The molecule has 0 atom stereocenters. The lowest BCUT2D eigenvalue weighted by molar-refractivity contribution is 0.414. The number of fused-ring (bicyclic) bond motifs is 3. The Morgan fingerprint density at radius 2 is 2.04 bits per heavy atom. The Balaban J connectivity index is 1.93. The number of aryl methyl sites for hydroxylation is 2. The maximum absolute atomic E-state index is 13.0. The van der Waals surface area contributed by atoms with Gasteiger partial charge in [0.2, 0.25) is 0 Å². The fourth-order valence-electron chi connectivity index (χ4n) is 3.72. The predicted octanol–water partition coefficient (Wildman–Crippen LogP) is 2.09. The first-order valence-electron chi connectivity index (χ1n) is 8.86. The molecule has 0 N–H and O–H groups in total. The van der Waals surface area contributed by atoms with Crippen LogP contribution in [0.3, 0.4) is 0 Å². The molecule has 0 fully saturated rings. The number of benzene rings is 1. The van der Waals surface area contributed by atoms with Crippen LogP contribution in [0.25, 0.3) is 33.2 Å². The summed E-state index contributed by atoms with van der Waals surface area (Å²) in [7, 11) is 5.22. The molecule has 0 saturated carbocycles. The van der Waals surface area contributed by atoms with Crippen molar-refractivity contribution in [3.63, 3.8) is 0 Å². The van der Waals surface area contributed by atoms with Crippen LogP contribution in [0, 0.1) is 0 Å². The number of hydrogen-bond acceptors (Lipinski definition) is 5. The topological polar surface area (TPSA) is 79.2 Å². The molecule has 4 heterocycles. The van der Waals surface area contributed by atoms with Crippen molar-refractivity contribution in [2.24, 2.45) is 19.1 Å². The molecule has 8 nitrogen and oxygen atoms in total. The number of hydrogen-bond donors (Lipinski definition) is 0. The van der Waals surface area contributed by atoms with E-state index in [1.54, 1.807) is 40.4 Å². The molecule has 8 heteroatoms. The zero-order valence-electron chi connectivity index (χ0n) is 15.7. The van der Waals surface area contributed by atoms with Gasteiger partial charge in [0.15, 0.2) is 0 Å². The zero-order chi connectivity index (χ0) is 19.4. The Morgan fingerprint density at radius 1 is 1.18 bits per heavy atom. The second kappa shape index (κ2) is 5.91. The SMILES string of the molecule is COc1cc2ncc3c(c2cc1C1=CCN=C1)n(-c1cnn(C)c1)c(=O)n3C. The summed E-state index contributed by atoms with van der Waals surface area (Å²) in [6.07, 6.45) is 9.13. The van der Waals surface area contributed by atoms with Crippen LogP contribution >= 0.6 is 0 Å². The number of methoxy groups -OCH3 is 1. The van der Waals surface area contributed by atoms with Gasteiger partial charge < -0.3 is 4.74 Å². The minimum absolute atomic E-state index is 0.142. The highest BCUT2D eigenvalue weighted by molar-refractivity contribution is 6.15. The molecule has 1 aliphatic heterocycles. The van der Waals surface area contributed by atoms with E-state index < -0.39 is 0 Å². The van der Waals surface area contributed by atoms with E-state index in [9.17, 15) is 4.79 Å². The first kappa shape index (κ1) is 16.5. The van der Waals surface area contributed by atoms with Gasteiger partial charge in [0.05, 0.1) is 48.3 Å². The first-order chi connectivity index (χ1) is 13.6. The van der Waals surface area contributed by atoms with Crippen LogP contribution in [0.5, 0.6) is 5.75 Å². The van der Waals surface area contributed by atoms with Gasteiger partial charge in [-0.1, -0.05) is 6.08 Å². The number of rotatable bonds is 3. The molecule has 0 saturated heterocycles. The molecule has 140 valence electrons. The van der Waals surface area contributed by atoms with Crippen molar-refractivity contribution in [2.45, 2.75) is 0 Å². The molecule has 1 aliphatic rings. The average Bonchev–Trinajstić information content (AvgIpc) is 3.42. The van der Waals surface area contributed by atoms with Gasteiger partial charge in [0.25, 0.3) is 0 Å². The fourth-order valence-corrected chi connectivity index (χ4v) is 3.72. The molecular weight excluding hydrogens is 356 g/mol. The number of nitrogens with zero attached hydrogens (tertiary/aromatic N) is 6. The van der Waals surface area contributed by atoms with Gasteiger partial charge in [-0.2, -0.15) is 5.10 Å². The number of ether oxygens (including phenoxy) is 1. The number of allylic oxidation sites excluding steroid dienone is 1. The Kier molecular flexibility index (Phi) is 3.48. The van der Waals surface area contributed by atoms with E-state index in [2.05, 4.69) is 21.2 Å². The highest BCUT2D eigenvalue weighted by atomic mass is 16.5. The second-order valence-electron chi connectivity index (χ2n) is 6.76. The van der Waals surface area contributed by atoms with Crippen LogP contribution < -0.4 is 10.4 Å². The van der Waals surface area contributed by atoms with Crippen molar-refractivity contribution in [2.75, 3.05) is 13.7 Å². The normalized spacial score (nSPS) is 13.6. The van der Waals surface area contributed by atoms with E-state index >= 15 is 0 Å². The van der Waals surface area contributed by atoms with Crippen LogP contribution in [0.4, 0.5) is 0 Å². The van der Waals surface area contributed by atoms with Gasteiger partial charge in [-0.15, -0.1) is 0 Å². The minimum atomic E-state index is -0.142. The lowest BCUT2D eigenvalue weighted by Crippen LogP contribution is -2.20. The van der Waals surface area contributed by atoms with Gasteiger partial charge in [-0.3, -0.25) is 23.8 Å². The third kappa shape index (κ3) is 2.24. The van der Waals surface area contributed by atoms with Crippen molar-refractivity contribution >= 4 is 33.7 Å². The Bertz CT molecular complexity index is 1370. The van der Waals surface area contributed by atoms with Gasteiger partial charge in [-0.05, 0) is 6.07 Å². The molecule has 0 spiro atoms. The van der Waals surface area contributed by atoms with Gasteiger partial charge in [0, 0.05) is 49.1 Å². The highest BCUT2D eigenvalue weighted by Crippen LogP contribution is 2.34. The van der Waals surface area contributed by atoms with Crippen LogP contribution in [0.15, 0.2) is 46.6 Å². The van der Waals surface area contributed by atoms with E-state index in [1.807, 2.05) is 31.6 Å². The van der Waals surface area contributed by atoms with Crippen molar-refractivity contribution < 1.29 is 4.74 Å². The standard InChI is InChI=1S/C20H18N6O2/c1-24-11-13(9-23-24)26-19-15-6-14(12-4-5-21-8-12)18(28-3)7-16(15)22-10-17(19)25(2)20(26)27/h4,6-11H,5H2,1-3H3. The molecule has 0 bridgehead atoms. The molecule has 28 heavy (non-hydrogen) atoms. The third-order valence-corrected chi connectivity index (χ3v) is 5.11. The molecule has 0 radical (unpaired) electrons. The monoisotopic (exact) mass is 374 g/mol. The summed E-state index contributed by atoms with van der Waals surface area (Å²) < 4.78 is 10.6. The molecule has 3 aromatic heterocycles. The molecule has 1 aromatic carbocycles. The van der Waals surface area contributed by atoms with E-state index in [-0.39, 0.29) is 5.69 Å². The molecule has 0 unspecified atom stereocenters. The summed E-state index contributed by atoms with van der Waals surface area (Å²) >= 11 is 0. The summed E-state index contributed by atoms with van der Waals surface area (Å²) in [6.45, 7) is 0.657. The molecule has 5 rings (SSSR count). The highest BCUT2D eigenvalue weighted by Gasteiger charge is 2.19. The van der Waals surface area contributed by atoms with Crippen LogP contribution in [0.2, 0.25) is 0 Å². The summed E-state index contributed by atoms with van der Waals surface area (Å²) in [5, 5.41) is 5.10. The zero-order valence-corrected chi connectivity index (χ0v) is 15.7. The number of aliphatic imine (C=N–C) groups is 1. The van der Waals surface area contributed by atoms with Crippen LogP contribution in [0.1, 0.15) is 5.56 Å².